The van der Waals surface area contributed by atoms with E-state index in [1.807, 2.05) is 0 Å². The molecule has 152 valence electrons. The lowest BCUT2D eigenvalue weighted by atomic mass is 10.1. The normalized spacial score (nSPS) is 21.9. The van der Waals surface area contributed by atoms with Crippen LogP contribution in [0.15, 0.2) is 48.4 Å². The molecule has 1 aromatic carbocycles. The van der Waals surface area contributed by atoms with Crippen LogP contribution < -0.4 is 10.1 Å². The number of hydrogen-bond donors (Lipinski definition) is 2. The van der Waals surface area contributed by atoms with Gasteiger partial charge in [-0.2, -0.15) is 13.2 Å². The third kappa shape index (κ3) is 4.98. The zero-order chi connectivity index (χ0) is 20.1. The van der Waals surface area contributed by atoms with Crippen LogP contribution in [-0.2, 0) is 16.1 Å². The predicted octanol–water partition coefficient (Wildman–Crippen LogP) is 2.11. The van der Waals surface area contributed by atoms with E-state index in [9.17, 15) is 18.0 Å². The number of benzene rings is 1. The lowest BCUT2D eigenvalue weighted by molar-refractivity contribution is -0.155. The average molecular weight is 398 g/mol. The molecule has 0 saturated carbocycles. The number of dihydropyridines is 1. The van der Waals surface area contributed by atoms with Crippen LogP contribution in [0.2, 0.25) is 0 Å². The van der Waals surface area contributed by atoms with Crippen molar-refractivity contribution >= 4 is 5.91 Å². The summed E-state index contributed by atoms with van der Waals surface area (Å²) in [7, 11) is 0. The first kappa shape index (κ1) is 20.1. The lowest BCUT2D eigenvalue weighted by Gasteiger charge is -2.27. The van der Waals surface area contributed by atoms with Gasteiger partial charge < -0.3 is 24.8 Å². The molecule has 2 aliphatic heterocycles. The van der Waals surface area contributed by atoms with E-state index in [-0.39, 0.29) is 31.4 Å². The number of alkyl halides is 3. The maximum absolute atomic E-state index is 13.1. The van der Waals surface area contributed by atoms with Crippen LogP contribution >= 0.6 is 0 Å². The number of amides is 1. The predicted molar refractivity (Wildman–Crippen MR) is 94.1 cm³/mol. The Morgan fingerprint density at radius 3 is 2.71 bits per heavy atom. The van der Waals surface area contributed by atoms with Crippen molar-refractivity contribution in [3.63, 3.8) is 0 Å². The van der Waals surface area contributed by atoms with Gasteiger partial charge in [0.1, 0.15) is 17.6 Å². The van der Waals surface area contributed by atoms with Crippen molar-refractivity contribution in [3.05, 3.63) is 53.9 Å². The number of allylic oxidation sites excluding steroid dienone is 2. The van der Waals surface area contributed by atoms with E-state index in [2.05, 4.69) is 5.32 Å². The van der Waals surface area contributed by atoms with Crippen molar-refractivity contribution in [2.24, 2.45) is 0 Å². The zero-order valence-electron chi connectivity index (χ0n) is 15.0. The highest BCUT2D eigenvalue weighted by atomic mass is 19.4. The molecule has 1 fully saturated rings. The van der Waals surface area contributed by atoms with Crippen molar-refractivity contribution < 1.29 is 32.5 Å². The third-order valence-corrected chi connectivity index (χ3v) is 4.50. The smallest absolute Gasteiger partial charge is 0.415 e. The zero-order valence-corrected chi connectivity index (χ0v) is 15.0. The van der Waals surface area contributed by atoms with Gasteiger partial charge in [-0.25, -0.2) is 0 Å². The van der Waals surface area contributed by atoms with E-state index >= 15 is 0 Å². The minimum absolute atomic E-state index is 0.0781. The van der Waals surface area contributed by atoms with Crippen LogP contribution in [0.25, 0.3) is 0 Å². The SMILES string of the molecule is O=C(COc1ccc(CO)cc1)N1CC[C@H](OC2=CC=CNC2C(F)(F)F)C1. The van der Waals surface area contributed by atoms with E-state index in [4.69, 9.17) is 14.6 Å². The average Bonchev–Trinajstić information content (AvgIpc) is 3.14. The number of ether oxygens (including phenoxy) is 2. The number of carbonyl (C=O) groups is 1. The molecule has 0 spiro atoms. The molecule has 2 atom stereocenters. The molecular weight excluding hydrogens is 377 g/mol. The molecule has 2 aliphatic rings. The molecule has 1 saturated heterocycles. The number of nitrogens with zero attached hydrogens (tertiary/aromatic N) is 1. The molecule has 2 heterocycles. The second-order valence-corrected chi connectivity index (χ2v) is 6.53. The Labute approximate surface area is 160 Å². The minimum atomic E-state index is -4.47. The monoisotopic (exact) mass is 398 g/mol. The fourth-order valence-corrected chi connectivity index (χ4v) is 3.01. The van der Waals surface area contributed by atoms with Gasteiger partial charge in [0, 0.05) is 13.0 Å². The Bertz CT molecular complexity index is 747. The van der Waals surface area contributed by atoms with Gasteiger partial charge in [-0.3, -0.25) is 4.79 Å². The Morgan fingerprint density at radius 2 is 2.04 bits per heavy atom. The highest BCUT2D eigenvalue weighted by Crippen LogP contribution is 2.29. The Hall–Kier alpha value is -2.68. The molecule has 1 amide bonds. The van der Waals surface area contributed by atoms with Crippen molar-refractivity contribution in [1.29, 1.82) is 0 Å². The molecule has 9 heteroatoms. The third-order valence-electron chi connectivity index (χ3n) is 4.50. The number of aliphatic hydroxyl groups excluding tert-OH is 1. The van der Waals surface area contributed by atoms with Gasteiger partial charge in [0.25, 0.3) is 5.91 Å². The quantitative estimate of drug-likeness (QED) is 0.768. The fraction of sp³-hybridized carbons (Fsp3) is 0.421. The highest BCUT2D eigenvalue weighted by molar-refractivity contribution is 5.78. The van der Waals surface area contributed by atoms with E-state index in [1.165, 1.54) is 23.3 Å². The number of carbonyl (C=O) groups excluding carboxylic acids is 1. The molecule has 0 bridgehead atoms. The van der Waals surface area contributed by atoms with Crippen molar-refractivity contribution in [3.8, 4) is 5.75 Å². The van der Waals surface area contributed by atoms with Crippen LogP contribution in [0.1, 0.15) is 12.0 Å². The number of nitrogens with one attached hydrogen (secondary N) is 1. The summed E-state index contributed by atoms with van der Waals surface area (Å²) in [5.41, 5.74) is 0.733. The van der Waals surface area contributed by atoms with Gasteiger partial charge >= 0.3 is 6.18 Å². The first-order valence-corrected chi connectivity index (χ1v) is 8.83. The first-order chi connectivity index (χ1) is 13.4. The summed E-state index contributed by atoms with van der Waals surface area (Å²) in [4.78, 5) is 13.8. The molecule has 0 radical (unpaired) electrons. The molecule has 3 rings (SSSR count). The van der Waals surface area contributed by atoms with Gasteiger partial charge in [-0.05, 0) is 36.0 Å². The summed E-state index contributed by atoms with van der Waals surface area (Å²) in [6, 6.07) is 4.81. The second kappa shape index (κ2) is 8.55. The molecule has 0 aromatic heterocycles. The van der Waals surface area contributed by atoms with Crippen LogP contribution in [0, 0.1) is 0 Å². The lowest BCUT2D eigenvalue weighted by Crippen LogP contribution is -2.44. The molecule has 6 nitrogen and oxygen atoms in total. The number of hydrogen-bond acceptors (Lipinski definition) is 5. The molecule has 2 N–H and O–H groups in total. The van der Waals surface area contributed by atoms with E-state index in [1.54, 1.807) is 24.3 Å². The topological polar surface area (TPSA) is 71.0 Å². The maximum Gasteiger partial charge on any atom is 0.415 e. The maximum atomic E-state index is 13.1. The summed E-state index contributed by atoms with van der Waals surface area (Å²) in [5.74, 6) is 0.0330. The van der Waals surface area contributed by atoms with Crippen molar-refractivity contribution in [1.82, 2.24) is 10.2 Å². The number of rotatable bonds is 6. The van der Waals surface area contributed by atoms with Gasteiger partial charge in [0.2, 0.25) is 0 Å². The molecule has 0 aliphatic carbocycles. The summed E-state index contributed by atoms with van der Waals surface area (Å²) < 4.78 is 50.2. The van der Waals surface area contributed by atoms with Gasteiger partial charge in [0.15, 0.2) is 12.6 Å². The van der Waals surface area contributed by atoms with Gasteiger partial charge in [0.05, 0.1) is 13.2 Å². The Balaban J connectivity index is 1.49. The van der Waals surface area contributed by atoms with Crippen LogP contribution in [0.3, 0.4) is 0 Å². The summed E-state index contributed by atoms with van der Waals surface area (Å²) in [6.07, 6.45) is -0.562. The van der Waals surface area contributed by atoms with Crippen molar-refractivity contribution in [2.45, 2.75) is 31.3 Å². The Kier molecular flexibility index (Phi) is 6.13. The number of halogens is 3. The van der Waals surface area contributed by atoms with Crippen LogP contribution in [0.5, 0.6) is 5.75 Å². The van der Waals surface area contributed by atoms with E-state index in [0.717, 1.165) is 5.56 Å². The largest absolute Gasteiger partial charge is 0.490 e. The number of likely N-dealkylation sites (tertiary alicyclic amines) is 1. The second-order valence-electron chi connectivity index (χ2n) is 6.53. The molecular formula is C19H21F3N2O4. The molecule has 1 aromatic rings. The van der Waals surface area contributed by atoms with Crippen LogP contribution in [-0.4, -0.2) is 53.9 Å². The van der Waals surface area contributed by atoms with E-state index in [0.29, 0.717) is 18.7 Å². The minimum Gasteiger partial charge on any atom is -0.490 e. The van der Waals surface area contributed by atoms with Gasteiger partial charge in [-0.15, -0.1) is 0 Å². The number of aliphatic hydroxyl groups is 1. The highest BCUT2D eigenvalue weighted by Gasteiger charge is 2.44. The summed E-state index contributed by atoms with van der Waals surface area (Å²) >= 11 is 0. The molecule has 1 unspecified atom stereocenters. The van der Waals surface area contributed by atoms with Gasteiger partial charge in [-0.1, -0.05) is 12.1 Å². The molecule has 28 heavy (non-hydrogen) atoms. The fourth-order valence-electron chi connectivity index (χ4n) is 3.01. The summed E-state index contributed by atoms with van der Waals surface area (Å²) in [6.45, 7) is 0.343. The summed E-state index contributed by atoms with van der Waals surface area (Å²) in [5, 5.41) is 11.3. The standard InChI is InChI=1S/C19H21F3N2O4/c20-19(21,22)18-16(2-1-8-23-18)28-15-7-9-24(10-15)17(26)12-27-14-5-3-13(11-25)4-6-14/h1-6,8,15,18,23,25H,7,9-12H2/t15-,18?/m0/s1. The Morgan fingerprint density at radius 1 is 1.29 bits per heavy atom. The first-order valence-electron chi connectivity index (χ1n) is 8.83. The van der Waals surface area contributed by atoms with E-state index < -0.39 is 18.3 Å². The van der Waals surface area contributed by atoms with Crippen LogP contribution in [0.4, 0.5) is 13.2 Å². The van der Waals surface area contributed by atoms with Crippen molar-refractivity contribution in [2.75, 3.05) is 19.7 Å².